The molecule has 1 amide bonds. The standard InChI is InChI=1S/C21H30N2O2Si/c1-21(2,3)26(4,5)25-12-11-23-19(24)13-15-9-10-17-16(14-22)7-6-8-18(17)20(15)23/h6-8,15,20H,9-13H2,1-5H3. The fourth-order valence-corrected chi connectivity index (χ4v) is 5.05. The molecule has 0 N–H and O–H groups in total. The lowest BCUT2D eigenvalue weighted by Gasteiger charge is -2.38. The van der Waals surface area contributed by atoms with Crippen LogP contribution in [0.25, 0.3) is 0 Å². The van der Waals surface area contributed by atoms with Crippen LogP contribution in [0.1, 0.15) is 56.3 Å². The van der Waals surface area contributed by atoms with E-state index < -0.39 is 8.32 Å². The zero-order valence-electron chi connectivity index (χ0n) is 16.6. The normalized spacial score (nSPS) is 22.8. The molecule has 4 nitrogen and oxygen atoms in total. The van der Waals surface area contributed by atoms with Crippen LogP contribution in [0.5, 0.6) is 0 Å². The molecule has 0 saturated carbocycles. The first-order valence-electron chi connectivity index (χ1n) is 9.61. The van der Waals surface area contributed by atoms with Crippen LogP contribution in [-0.4, -0.2) is 32.3 Å². The predicted molar refractivity (Wildman–Crippen MR) is 105 cm³/mol. The zero-order valence-corrected chi connectivity index (χ0v) is 17.6. The molecule has 0 aromatic heterocycles. The molecule has 1 aromatic rings. The Kier molecular flexibility index (Phi) is 5.02. The number of carbonyl (C=O) groups excluding carboxylic acids is 1. The van der Waals surface area contributed by atoms with Crippen molar-refractivity contribution in [3.8, 4) is 6.07 Å². The van der Waals surface area contributed by atoms with E-state index in [0.29, 0.717) is 25.5 Å². The Labute approximate surface area is 158 Å². The van der Waals surface area contributed by atoms with Gasteiger partial charge in [-0.15, -0.1) is 0 Å². The van der Waals surface area contributed by atoms with Crippen LogP contribution >= 0.6 is 0 Å². The van der Waals surface area contributed by atoms with Gasteiger partial charge in [0.15, 0.2) is 8.32 Å². The van der Waals surface area contributed by atoms with E-state index in [4.69, 9.17) is 4.43 Å². The lowest BCUT2D eigenvalue weighted by molar-refractivity contribution is -0.129. The minimum absolute atomic E-state index is 0.113. The van der Waals surface area contributed by atoms with Gasteiger partial charge in [0.1, 0.15) is 0 Å². The van der Waals surface area contributed by atoms with Crippen molar-refractivity contribution in [3.63, 3.8) is 0 Å². The number of hydrogen-bond acceptors (Lipinski definition) is 3. The number of carbonyl (C=O) groups is 1. The van der Waals surface area contributed by atoms with Gasteiger partial charge in [0.05, 0.1) is 24.3 Å². The van der Waals surface area contributed by atoms with Crippen molar-refractivity contribution < 1.29 is 9.22 Å². The zero-order chi connectivity index (χ0) is 19.1. The molecular formula is C21H30N2O2Si. The summed E-state index contributed by atoms with van der Waals surface area (Å²) in [4.78, 5) is 14.7. The molecule has 0 radical (unpaired) electrons. The van der Waals surface area contributed by atoms with Gasteiger partial charge in [-0.1, -0.05) is 32.9 Å². The number of benzene rings is 1. The number of amides is 1. The van der Waals surface area contributed by atoms with Gasteiger partial charge in [-0.25, -0.2) is 0 Å². The molecule has 2 unspecified atom stereocenters. The monoisotopic (exact) mass is 370 g/mol. The summed E-state index contributed by atoms with van der Waals surface area (Å²) >= 11 is 0. The highest BCUT2D eigenvalue weighted by Gasteiger charge is 2.44. The van der Waals surface area contributed by atoms with Crippen LogP contribution in [0, 0.1) is 17.2 Å². The topological polar surface area (TPSA) is 53.3 Å². The van der Waals surface area contributed by atoms with Crippen LogP contribution in [0.15, 0.2) is 18.2 Å². The molecule has 5 heteroatoms. The van der Waals surface area contributed by atoms with E-state index in [0.717, 1.165) is 24.0 Å². The first-order chi connectivity index (χ1) is 12.2. The molecule has 2 aliphatic rings. The third kappa shape index (κ3) is 3.33. The highest BCUT2D eigenvalue weighted by atomic mass is 28.4. The smallest absolute Gasteiger partial charge is 0.223 e. The average molecular weight is 371 g/mol. The third-order valence-corrected chi connectivity index (χ3v) is 11.1. The number of nitrogens with zero attached hydrogens (tertiary/aromatic N) is 2. The Balaban J connectivity index is 1.78. The van der Waals surface area contributed by atoms with Crippen molar-refractivity contribution in [1.82, 2.24) is 4.90 Å². The molecule has 0 spiro atoms. The highest BCUT2D eigenvalue weighted by molar-refractivity contribution is 6.74. The molecule has 140 valence electrons. The van der Waals surface area contributed by atoms with Gasteiger partial charge >= 0.3 is 0 Å². The van der Waals surface area contributed by atoms with Crippen LogP contribution < -0.4 is 0 Å². The quantitative estimate of drug-likeness (QED) is 0.737. The third-order valence-electron chi connectivity index (χ3n) is 6.56. The molecule has 1 aliphatic heterocycles. The van der Waals surface area contributed by atoms with Crippen molar-refractivity contribution in [1.29, 1.82) is 5.26 Å². The van der Waals surface area contributed by atoms with Crippen molar-refractivity contribution >= 4 is 14.2 Å². The van der Waals surface area contributed by atoms with Gasteiger partial charge in [0.2, 0.25) is 5.91 Å². The first kappa shape index (κ1) is 19.1. The van der Waals surface area contributed by atoms with E-state index in [1.807, 2.05) is 17.0 Å². The summed E-state index contributed by atoms with van der Waals surface area (Å²) in [6.07, 6.45) is 2.52. The van der Waals surface area contributed by atoms with Gasteiger partial charge in [0, 0.05) is 13.0 Å². The lowest BCUT2D eigenvalue weighted by Crippen LogP contribution is -2.43. The minimum atomic E-state index is -1.81. The van der Waals surface area contributed by atoms with Crippen molar-refractivity contribution in [2.75, 3.05) is 13.2 Å². The summed E-state index contributed by atoms with van der Waals surface area (Å²) in [5.41, 5.74) is 3.08. The number of rotatable bonds is 4. The highest BCUT2D eigenvalue weighted by Crippen LogP contribution is 2.46. The van der Waals surface area contributed by atoms with E-state index in [1.165, 1.54) is 5.56 Å². The van der Waals surface area contributed by atoms with E-state index in [2.05, 4.69) is 46.0 Å². The molecule has 26 heavy (non-hydrogen) atoms. The summed E-state index contributed by atoms with van der Waals surface area (Å²) < 4.78 is 6.31. The first-order valence-corrected chi connectivity index (χ1v) is 12.5. The SMILES string of the molecule is CC(C)(C)[Si](C)(C)OCCN1C(=O)CC2CCc3c(C#N)cccc3C21. The predicted octanol–water partition coefficient (Wildman–Crippen LogP) is 4.42. The summed E-state index contributed by atoms with van der Waals surface area (Å²) in [5.74, 6) is 0.603. The maximum absolute atomic E-state index is 12.7. The molecule has 0 bridgehead atoms. The van der Waals surface area contributed by atoms with E-state index >= 15 is 0 Å². The molecule has 1 saturated heterocycles. The lowest BCUT2D eigenvalue weighted by atomic mass is 9.78. The second-order valence-corrected chi connectivity index (χ2v) is 13.9. The van der Waals surface area contributed by atoms with Crippen LogP contribution in [-0.2, 0) is 15.6 Å². The number of likely N-dealkylation sites (tertiary alicyclic amines) is 1. The molecular weight excluding hydrogens is 340 g/mol. The summed E-state index contributed by atoms with van der Waals surface area (Å²) in [6.45, 7) is 12.4. The largest absolute Gasteiger partial charge is 0.415 e. The Hall–Kier alpha value is -1.64. The fourth-order valence-electron chi connectivity index (χ4n) is 4.02. The second kappa shape index (κ2) is 6.83. The van der Waals surface area contributed by atoms with Gasteiger partial charge in [-0.05, 0) is 54.1 Å². The molecule has 1 aromatic carbocycles. The number of hydrogen-bond donors (Lipinski definition) is 0. The Morgan fingerprint density at radius 2 is 2.08 bits per heavy atom. The maximum Gasteiger partial charge on any atom is 0.223 e. The molecule has 1 heterocycles. The van der Waals surface area contributed by atoms with Gasteiger partial charge in [-0.3, -0.25) is 4.79 Å². The van der Waals surface area contributed by atoms with Gasteiger partial charge in [-0.2, -0.15) is 5.26 Å². The number of fused-ring (bicyclic) bond motifs is 3. The summed E-state index contributed by atoms with van der Waals surface area (Å²) in [6, 6.07) is 8.38. The Bertz CT molecular complexity index is 745. The maximum atomic E-state index is 12.7. The van der Waals surface area contributed by atoms with Gasteiger partial charge < -0.3 is 9.33 Å². The average Bonchev–Trinajstić information content (AvgIpc) is 2.89. The van der Waals surface area contributed by atoms with E-state index in [-0.39, 0.29) is 17.0 Å². The summed E-state index contributed by atoms with van der Waals surface area (Å²) in [5, 5.41) is 9.58. The molecule has 3 rings (SSSR count). The minimum Gasteiger partial charge on any atom is -0.415 e. The molecule has 1 aliphatic carbocycles. The van der Waals surface area contributed by atoms with Crippen LogP contribution in [0.3, 0.4) is 0 Å². The second-order valence-electron chi connectivity index (χ2n) is 9.13. The summed E-state index contributed by atoms with van der Waals surface area (Å²) in [7, 11) is -1.81. The fraction of sp³-hybridized carbons (Fsp3) is 0.619. The number of nitriles is 1. The van der Waals surface area contributed by atoms with Crippen molar-refractivity contribution in [2.45, 2.75) is 64.2 Å². The molecule has 2 atom stereocenters. The van der Waals surface area contributed by atoms with Crippen LogP contribution in [0.4, 0.5) is 0 Å². The molecule has 1 fully saturated rings. The van der Waals surface area contributed by atoms with Crippen LogP contribution in [0.2, 0.25) is 18.1 Å². The van der Waals surface area contributed by atoms with E-state index in [1.54, 1.807) is 0 Å². The Morgan fingerprint density at radius 1 is 1.35 bits per heavy atom. The van der Waals surface area contributed by atoms with E-state index in [9.17, 15) is 10.1 Å². The Morgan fingerprint density at radius 3 is 2.73 bits per heavy atom. The van der Waals surface area contributed by atoms with Crippen molar-refractivity contribution in [3.05, 3.63) is 34.9 Å². The van der Waals surface area contributed by atoms with Gasteiger partial charge in [0.25, 0.3) is 0 Å². The van der Waals surface area contributed by atoms with Crippen molar-refractivity contribution in [2.24, 2.45) is 5.92 Å².